The average Bonchev–Trinajstić information content (AvgIpc) is 3.18. The maximum absolute atomic E-state index is 4.65. The summed E-state index contributed by atoms with van der Waals surface area (Å²) in [4.78, 5) is 7.19. The molecule has 2 N–H and O–H groups in total. The number of aliphatic imine (C=N–C) groups is 1. The third kappa shape index (κ3) is 5.71. The second kappa shape index (κ2) is 8.35. The van der Waals surface area contributed by atoms with Crippen molar-refractivity contribution in [3.8, 4) is 0 Å². The smallest absolute Gasteiger partial charge is 0.191 e. The van der Waals surface area contributed by atoms with Gasteiger partial charge in [-0.2, -0.15) is 0 Å². The summed E-state index contributed by atoms with van der Waals surface area (Å²) in [5.41, 5.74) is 0. The second-order valence-electron chi connectivity index (χ2n) is 5.07. The number of hydrogen-bond donors (Lipinski definition) is 2. The van der Waals surface area contributed by atoms with E-state index in [1.807, 2.05) is 0 Å². The molecule has 1 saturated carbocycles. The molecular weight excluding hydrogens is 224 g/mol. The SMILES string of the molecule is CCNC(=NCCN(CC)C1CC1)NC(C)CC. The van der Waals surface area contributed by atoms with Gasteiger partial charge in [0.1, 0.15) is 0 Å². The minimum absolute atomic E-state index is 0.480. The fraction of sp³-hybridized carbons (Fsp3) is 0.929. The number of likely N-dealkylation sites (N-methyl/N-ethyl adjacent to an activating group) is 1. The zero-order valence-corrected chi connectivity index (χ0v) is 12.5. The van der Waals surface area contributed by atoms with Crippen molar-refractivity contribution in [2.45, 2.75) is 59.0 Å². The molecule has 0 aromatic rings. The van der Waals surface area contributed by atoms with Crippen LogP contribution in [-0.2, 0) is 0 Å². The number of hydrogen-bond acceptors (Lipinski definition) is 2. The summed E-state index contributed by atoms with van der Waals surface area (Å²) >= 11 is 0. The summed E-state index contributed by atoms with van der Waals surface area (Å²) in [6.45, 7) is 12.8. The molecule has 0 radical (unpaired) electrons. The second-order valence-corrected chi connectivity index (χ2v) is 5.07. The molecule has 0 bridgehead atoms. The Bertz CT molecular complexity index is 248. The Morgan fingerprint density at radius 2 is 2.06 bits per heavy atom. The van der Waals surface area contributed by atoms with Crippen LogP contribution in [0.25, 0.3) is 0 Å². The van der Waals surface area contributed by atoms with Gasteiger partial charge in [0, 0.05) is 25.2 Å². The van der Waals surface area contributed by atoms with Crippen LogP contribution in [0.15, 0.2) is 4.99 Å². The van der Waals surface area contributed by atoms with Crippen LogP contribution in [0.2, 0.25) is 0 Å². The quantitative estimate of drug-likeness (QED) is 0.513. The van der Waals surface area contributed by atoms with E-state index in [0.717, 1.165) is 44.6 Å². The van der Waals surface area contributed by atoms with Crippen LogP contribution in [0, 0.1) is 0 Å². The predicted molar refractivity (Wildman–Crippen MR) is 79.1 cm³/mol. The van der Waals surface area contributed by atoms with E-state index in [0.29, 0.717) is 6.04 Å². The lowest BCUT2D eigenvalue weighted by molar-refractivity contribution is 0.286. The van der Waals surface area contributed by atoms with Crippen molar-refractivity contribution in [3.05, 3.63) is 0 Å². The van der Waals surface area contributed by atoms with Crippen LogP contribution < -0.4 is 10.6 Å². The molecule has 0 heterocycles. The van der Waals surface area contributed by atoms with Crippen LogP contribution in [0.5, 0.6) is 0 Å². The minimum Gasteiger partial charge on any atom is -0.357 e. The van der Waals surface area contributed by atoms with E-state index in [-0.39, 0.29) is 0 Å². The minimum atomic E-state index is 0.480. The van der Waals surface area contributed by atoms with Crippen molar-refractivity contribution in [1.29, 1.82) is 0 Å². The number of rotatable bonds is 8. The average molecular weight is 254 g/mol. The standard InChI is InChI=1S/C14H30N4/c1-5-12(4)17-14(15-6-2)16-10-11-18(7-3)13-8-9-13/h12-13H,5-11H2,1-4H3,(H2,15,16,17). The first-order valence-corrected chi connectivity index (χ1v) is 7.50. The zero-order chi connectivity index (χ0) is 13.4. The molecule has 0 amide bonds. The molecule has 1 aliphatic carbocycles. The largest absolute Gasteiger partial charge is 0.357 e. The topological polar surface area (TPSA) is 39.7 Å². The number of nitrogens with zero attached hydrogens (tertiary/aromatic N) is 2. The molecule has 0 saturated heterocycles. The molecule has 0 aromatic carbocycles. The predicted octanol–water partition coefficient (Wildman–Crippen LogP) is 1.82. The van der Waals surface area contributed by atoms with Gasteiger partial charge in [-0.1, -0.05) is 13.8 Å². The van der Waals surface area contributed by atoms with Crippen LogP contribution in [0.4, 0.5) is 0 Å². The molecule has 1 unspecified atom stereocenters. The van der Waals surface area contributed by atoms with E-state index in [4.69, 9.17) is 0 Å². The van der Waals surface area contributed by atoms with Gasteiger partial charge in [-0.25, -0.2) is 0 Å². The fourth-order valence-corrected chi connectivity index (χ4v) is 1.98. The van der Waals surface area contributed by atoms with Gasteiger partial charge in [0.15, 0.2) is 5.96 Å². The Hall–Kier alpha value is -0.770. The van der Waals surface area contributed by atoms with Crippen molar-refractivity contribution in [2.24, 2.45) is 4.99 Å². The Morgan fingerprint density at radius 1 is 1.33 bits per heavy atom. The Morgan fingerprint density at radius 3 is 2.56 bits per heavy atom. The summed E-state index contributed by atoms with van der Waals surface area (Å²) < 4.78 is 0. The lowest BCUT2D eigenvalue weighted by Crippen LogP contribution is -2.42. The van der Waals surface area contributed by atoms with E-state index in [1.54, 1.807) is 0 Å². The Kier molecular flexibility index (Phi) is 7.09. The normalized spacial score (nSPS) is 17.9. The van der Waals surface area contributed by atoms with Crippen LogP contribution in [0.1, 0.15) is 47.0 Å². The van der Waals surface area contributed by atoms with Crippen molar-refractivity contribution >= 4 is 5.96 Å². The number of nitrogens with one attached hydrogen (secondary N) is 2. The first-order chi connectivity index (χ1) is 8.71. The first-order valence-electron chi connectivity index (χ1n) is 7.50. The molecule has 1 rings (SSSR count). The highest BCUT2D eigenvalue weighted by atomic mass is 15.2. The van der Waals surface area contributed by atoms with E-state index in [2.05, 4.69) is 48.2 Å². The highest BCUT2D eigenvalue weighted by molar-refractivity contribution is 5.80. The summed E-state index contributed by atoms with van der Waals surface area (Å²) in [5.74, 6) is 0.957. The van der Waals surface area contributed by atoms with Crippen molar-refractivity contribution in [3.63, 3.8) is 0 Å². The Balaban J connectivity index is 2.33. The van der Waals surface area contributed by atoms with Crippen LogP contribution in [-0.4, -0.2) is 49.1 Å². The number of guanidine groups is 1. The summed E-state index contributed by atoms with van der Waals surface area (Å²) in [6, 6.07) is 1.32. The molecule has 1 fully saturated rings. The van der Waals surface area contributed by atoms with Gasteiger partial charge < -0.3 is 10.6 Å². The molecule has 106 valence electrons. The van der Waals surface area contributed by atoms with Gasteiger partial charge in [0.05, 0.1) is 6.54 Å². The van der Waals surface area contributed by atoms with Gasteiger partial charge in [-0.05, 0) is 39.7 Å². The molecule has 1 atom stereocenters. The molecule has 0 aromatic heterocycles. The molecule has 0 aliphatic heterocycles. The molecule has 1 aliphatic rings. The van der Waals surface area contributed by atoms with Gasteiger partial charge in [-0.15, -0.1) is 0 Å². The maximum Gasteiger partial charge on any atom is 0.191 e. The van der Waals surface area contributed by atoms with Gasteiger partial charge in [0.2, 0.25) is 0 Å². The highest BCUT2D eigenvalue weighted by Crippen LogP contribution is 2.25. The Labute approximate surface area is 112 Å². The fourth-order valence-electron chi connectivity index (χ4n) is 1.98. The van der Waals surface area contributed by atoms with E-state index >= 15 is 0 Å². The lowest BCUT2D eigenvalue weighted by Gasteiger charge is -2.20. The van der Waals surface area contributed by atoms with Gasteiger partial charge in [-0.3, -0.25) is 9.89 Å². The van der Waals surface area contributed by atoms with Crippen molar-refractivity contribution < 1.29 is 0 Å². The monoisotopic (exact) mass is 254 g/mol. The van der Waals surface area contributed by atoms with Crippen molar-refractivity contribution in [2.75, 3.05) is 26.2 Å². The summed E-state index contributed by atoms with van der Waals surface area (Å²) in [5, 5.41) is 6.73. The molecule has 4 nitrogen and oxygen atoms in total. The van der Waals surface area contributed by atoms with Crippen LogP contribution in [0.3, 0.4) is 0 Å². The van der Waals surface area contributed by atoms with Gasteiger partial charge in [0.25, 0.3) is 0 Å². The molecular formula is C14H30N4. The summed E-state index contributed by atoms with van der Waals surface area (Å²) in [7, 11) is 0. The van der Waals surface area contributed by atoms with E-state index < -0.39 is 0 Å². The van der Waals surface area contributed by atoms with E-state index in [9.17, 15) is 0 Å². The molecule has 0 spiro atoms. The van der Waals surface area contributed by atoms with Crippen molar-refractivity contribution in [1.82, 2.24) is 15.5 Å². The molecule has 4 heteroatoms. The third-order valence-corrected chi connectivity index (χ3v) is 3.47. The van der Waals surface area contributed by atoms with Crippen LogP contribution >= 0.6 is 0 Å². The van der Waals surface area contributed by atoms with Gasteiger partial charge >= 0.3 is 0 Å². The third-order valence-electron chi connectivity index (χ3n) is 3.47. The molecule has 18 heavy (non-hydrogen) atoms. The first kappa shape index (κ1) is 15.3. The zero-order valence-electron chi connectivity index (χ0n) is 12.5. The highest BCUT2D eigenvalue weighted by Gasteiger charge is 2.27. The van der Waals surface area contributed by atoms with E-state index in [1.165, 1.54) is 12.8 Å². The lowest BCUT2D eigenvalue weighted by atomic mass is 10.3. The summed E-state index contributed by atoms with van der Waals surface area (Å²) in [6.07, 6.45) is 3.87. The maximum atomic E-state index is 4.65.